The summed E-state index contributed by atoms with van der Waals surface area (Å²) in [5, 5.41) is 0.344. The van der Waals surface area contributed by atoms with Gasteiger partial charge in [0.25, 0.3) is 0 Å². The van der Waals surface area contributed by atoms with Gasteiger partial charge in [0, 0.05) is 11.0 Å². The molecule has 0 saturated carbocycles. The van der Waals surface area contributed by atoms with Gasteiger partial charge in [-0.15, -0.1) is 0 Å². The summed E-state index contributed by atoms with van der Waals surface area (Å²) in [5.74, 6) is 0.140. The van der Waals surface area contributed by atoms with E-state index in [1.54, 1.807) is 18.2 Å². The molecule has 0 fully saturated rings. The fraction of sp³-hybridized carbons (Fsp3) is 0.333. The quantitative estimate of drug-likeness (QED) is 0.777. The van der Waals surface area contributed by atoms with Crippen LogP contribution in [0.15, 0.2) is 24.3 Å². The number of methoxy groups -OCH3 is 1. The third kappa shape index (κ3) is 3.07. The van der Waals surface area contributed by atoms with E-state index in [2.05, 4.69) is 9.97 Å². The van der Waals surface area contributed by atoms with Gasteiger partial charge in [0.1, 0.15) is 5.15 Å². The molecule has 0 saturated heterocycles. The second kappa shape index (κ2) is 5.37. The summed E-state index contributed by atoms with van der Waals surface area (Å²) in [6.45, 7) is 6.10. The molecule has 0 atom stereocenters. The van der Waals surface area contributed by atoms with Crippen LogP contribution in [0.2, 0.25) is 5.15 Å². The van der Waals surface area contributed by atoms with E-state index in [-0.39, 0.29) is 11.2 Å². The van der Waals surface area contributed by atoms with Crippen molar-refractivity contribution in [2.45, 2.75) is 26.2 Å². The minimum atomic E-state index is -0.453. The van der Waals surface area contributed by atoms with Crippen LogP contribution in [0.3, 0.4) is 0 Å². The Morgan fingerprint density at radius 1 is 1.15 bits per heavy atom. The highest BCUT2D eigenvalue weighted by atomic mass is 35.5. The third-order valence-electron chi connectivity index (χ3n) is 2.87. The van der Waals surface area contributed by atoms with Crippen molar-refractivity contribution in [1.29, 1.82) is 0 Å². The first-order valence-corrected chi connectivity index (χ1v) is 6.58. The SMILES string of the molecule is COc1ccc(-c2nc(Cl)cc(C(C)(C)C)n2)cc1F. The Labute approximate surface area is 122 Å². The van der Waals surface area contributed by atoms with Crippen molar-refractivity contribution in [2.24, 2.45) is 0 Å². The summed E-state index contributed by atoms with van der Waals surface area (Å²) in [6, 6.07) is 6.33. The summed E-state index contributed by atoms with van der Waals surface area (Å²) in [7, 11) is 1.42. The van der Waals surface area contributed by atoms with Crippen LogP contribution in [-0.4, -0.2) is 17.1 Å². The number of aromatic nitrogens is 2. The molecular weight excluding hydrogens is 279 g/mol. The van der Waals surface area contributed by atoms with Gasteiger partial charge < -0.3 is 4.74 Å². The lowest BCUT2D eigenvalue weighted by atomic mass is 9.92. The summed E-state index contributed by atoms with van der Waals surface area (Å²) in [4.78, 5) is 8.63. The average Bonchev–Trinajstić information content (AvgIpc) is 2.37. The molecule has 5 heteroatoms. The first-order chi connectivity index (χ1) is 9.31. The highest BCUT2D eigenvalue weighted by Crippen LogP contribution is 2.27. The van der Waals surface area contributed by atoms with E-state index < -0.39 is 5.82 Å². The number of benzene rings is 1. The van der Waals surface area contributed by atoms with Gasteiger partial charge in [-0.3, -0.25) is 0 Å². The predicted octanol–water partition coefficient (Wildman–Crippen LogP) is 4.24. The smallest absolute Gasteiger partial charge is 0.165 e. The van der Waals surface area contributed by atoms with Gasteiger partial charge in [-0.2, -0.15) is 0 Å². The molecule has 2 aromatic rings. The maximum atomic E-state index is 13.8. The molecule has 0 bridgehead atoms. The van der Waals surface area contributed by atoms with Gasteiger partial charge in [0.2, 0.25) is 0 Å². The summed E-state index contributed by atoms with van der Waals surface area (Å²) in [6.07, 6.45) is 0. The van der Waals surface area contributed by atoms with Gasteiger partial charge in [0.05, 0.1) is 12.8 Å². The van der Waals surface area contributed by atoms with E-state index in [1.807, 2.05) is 20.8 Å². The van der Waals surface area contributed by atoms with Crippen molar-refractivity contribution in [2.75, 3.05) is 7.11 Å². The normalized spacial score (nSPS) is 11.5. The molecule has 0 aliphatic rings. The Hall–Kier alpha value is -1.68. The monoisotopic (exact) mass is 294 g/mol. The number of ether oxygens (including phenoxy) is 1. The third-order valence-corrected chi connectivity index (χ3v) is 3.07. The molecule has 0 spiro atoms. The number of halogens is 2. The van der Waals surface area contributed by atoms with Crippen LogP contribution in [0.4, 0.5) is 4.39 Å². The van der Waals surface area contributed by atoms with E-state index >= 15 is 0 Å². The molecule has 1 aromatic heterocycles. The lowest BCUT2D eigenvalue weighted by Crippen LogP contribution is -2.14. The van der Waals surface area contributed by atoms with Gasteiger partial charge in [0.15, 0.2) is 17.4 Å². The molecule has 2 rings (SSSR count). The van der Waals surface area contributed by atoms with Gasteiger partial charge >= 0.3 is 0 Å². The number of hydrogen-bond donors (Lipinski definition) is 0. The fourth-order valence-corrected chi connectivity index (χ4v) is 1.92. The van der Waals surface area contributed by atoms with E-state index in [0.717, 1.165) is 5.69 Å². The highest BCUT2D eigenvalue weighted by Gasteiger charge is 2.18. The molecule has 0 radical (unpaired) electrons. The zero-order chi connectivity index (χ0) is 14.9. The van der Waals surface area contributed by atoms with Crippen LogP contribution >= 0.6 is 11.6 Å². The Morgan fingerprint density at radius 3 is 2.40 bits per heavy atom. The molecule has 3 nitrogen and oxygen atoms in total. The molecule has 0 N–H and O–H groups in total. The zero-order valence-corrected chi connectivity index (χ0v) is 12.6. The fourth-order valence-electron chi connectivity index (χ4n) is 1.74. The molecule has 0 aliphatic carbocycles. The second-order valence-corrected chi connectivity index (χ2v) is 5.89. The Morgan fingerprint density at radius 2 is 1.85 bits per heavy atom. The van der Waals surface area contributed by atoms with Crippen LogP contribution in [0.1, 0.15) is 26.5 Å². The number of hydrogen-bond acceptors (Lipinski definition) is 3. The maximum Gasteiger partial charge on any atom is 0.165 e. The van der Waals surface area contributed by atoms with Crippen molar-refractivity contribution in [3.8, 4) is 17.1 Å². The van der Waals surface area contributed by atoms with Crippen LogP contribution in [0, 0.1) is 5.82 Å². The van der Waals surface area contributed by atoms with Crippen LogP contribution < -0.4 is 4.74 Å². The lowest BCUT2D eigenvalue weighted by molar-refractivity contribution is 0.386. The highest BCUT2D eigenvalue weighted by molar-refractivity contribution is 6.29. The minimum Gasteiger partial charge on any atom is -0.494 e. The summed E-state index contributed by atoms with van der Waals surface area (Å²) >= 11 is 6.03. The van der Waals surface area contributed by atoms with Crippen molar-refractivity contribution in [3.05, 3.63) is 40.9 Å². The van der Waals surface area contributed by atoms with Gasteiger partial charge in [-0.05, 0) is 24.3 Å². The van der Waals surface area contributed by atoms with E-state index in [1.165, 1.54) is 13.2 Å². The summed E-state index contributed by atoms with van der Waals surface area (Å²) < 4.78 is 18.7. The van der Waals surface area contributed by atoms with Crippen LogP contribution in [-0.2, 0) is 5.41 Å². The average molecular weight is 295 g/mol. The molecule has 106 valence electrons. The Bertz CT molecular complexity index is 638. The largest absolute Gasteiger partial charge is 0.494 e. The van der Waals surface area contributed by atoms with E-state index in [9.17, 15) is 4.39 Å². The van der Waals surface area contributed by atoms with Crippen molar-refractivity contribution < 1.29 is 9.13 Å². The molecule has 0 aliphatic heterocycles. The Kier molecular flexibility index (Phi) is 3.95. The maximum absolute atomic E-state index is 13.8. The standard InChI is InChI=1S/C15H16ClFN2O/c1-15(2,3)12-8-13(16)19-14(18-12)9-5-6-11(20-4)10(17)7-9/h5-8H,1-4H3. The molecule has 1 heterocycles. The molecular formula is C15H16ClFN2O. The predicted molar refractivity (Wildman–Crippen MR) is 77.7 cm³/mol. The summed E-state index contributed by atoms with van der Waals surface area (Å²) in [5.41, 5.74) is 1.21. The number of nitrogens with zero attached hydrogens (tertiary/aromatic N) is 2. The van der Waals surface area contributed by atoms with Crippen molar-refractivity contribution >= 4 is 11.6 Å². The van der Waals surface area contributed by atoms with Crippen molar-refractivity contribution in [1.82, 2.24) is 9.97 Å². The molecule has 20 heavy (non-hydrogen) atoms. The molecule has 1 aromatic carbocycles. The lowest BCUT2D eigenvalue weighted by Gasteiger charge is -2.18. The number of rotatable bonds is 2. The van der Waals surface area contributed by atoms with Gasteiger partial charge in [-0.1, -0.05) is 32.4 Å². The first-order valence-electron chi connectivity index (χ1n) is 6.20. The second-order valence-electron chi connectivity index (χ2n) is 5.50. The molecule has 0 unspecified atom stereocenters. The van der Waals surface area contributed by atoms with E-state index in [4.69, 9.17) is 16.3 Å². The van der Waals surface area contributed by atoms with Gasteiger partial charge in [-0.25, -0.2) is 14.4 Å². The van der Waals surface area contributed by atoms with Crippen LogP contribution in [0.5, 0.6) is 5.75 Å². The first kappa shape index (κ1) is 14.7. The minimum absolute atomic E-state index is 0.160. The zero-order valence-electron chi connectivity index (χ0n) is 11.9. The molecule has 0 amide bonds. The van der Waals surface area contributed by atoms with E-state index in [0.29, 0.717) is 16.5 Å². The Balaban J connectivity index is 2.53. The topological polar surface area (TPSA) is 35.0 Å². The van der Waals surface area contributed by atoms with Crippen LogP contribution in [0.25, 0.3) is 11.4 Å². The van der Waals surface area contributed by atoms with Crippen molar-refractivity contribution in [3.63, 3.8) is 0 Å².